The van der Waals surface area contributed by atoms with Gasteiger partial charge in [0.2, 0.25) is 5.91 Å². The van der Waals surface area contributed by atoms with Crippen LogP contribution in [0.5, 0.6) is 0 Å². The number of hydrogen-bond acceptors (Lipinski definition) is 3. The summed E-state index contributed by atoms with van der Waals surface area (Å²) in [6, 6.07) is 7.59. The zero-order valence-corrected chi connectivity index (χ0v) is 16.2. The first-order valence-electron chi connectivity index (χ1n) is 8.92. The molecule has 0 aliphatic carbocycles. The molecule has 1 N–H and O–H groups in total. The van der Waals surface area contributed by atoms with Gasteiger partial charge >= 0.3 is 7.60 Å². The van der Waals surface area contributed by atoms with Gasteiger partial charge in [0.15, 0.2) is 0 Å². The van der Waals surface area contributed by atoms with Crippen molar-refractivity contribution in [1.82, 2.24) is 4.90 Å². The molecule has 138 valence electrons. The highest BCUT2D eigenvalue weighted by Gasteiger charge is 2.50. The number of rotatable bonds is 5. The lowest BCUT2D eigenvalue weighted by atomic mass is 10.0. The Bertz CT molecular complexity index is 680. The van der Waals surface area contributed by atoms with Crippen molar-refractivity contribution < 1.29 is 18.8 Å². The normalized spacial score (nSPS) is 30.0. The fourth-order valence-corrected chi connectivity index (χ4v) is 5.69. The minimum Gasteiger partial charge on any atom is -0.332 e. The fraction of sp³-hybridized carbons (Fsp3) is 0.611. The van der Waals surface area contributed by atoms with E-state index in [0.29, 0.717) is 17.9 Å². The molecule has 1 aromatic rings. The zero-order chi connectivity index (χ0) is 18.2. The Morgan fingerprint density at radius 1 is 1.28 bits per heavy atom. The largest absolute Gasteiger partial charge is 0.340 e. The van der Waals surface area contributed by atoms with E-state index in [2.05, 4.69) is 0 Å². The first-order valence-corrected chi connectivity index (χ1v) is 10.9. The van der Waals surface area contributed by atoms with Gasteiger partial charge in [-0.25, -0.2) is 0 Å². The molecule has 3 rings (SSSR count). The summed E-state index contributed by atoms with van der Waals surface area (Å²) in [5, 5.41) is 0.656. The Labute approximate surface area is 153 Å². The number of carbonyl (C=O) groups excluding carboxylic acids is 1. The zero-order valence-electron chi connectivity index (χ0n) is 14.6. The molecule has 1 amide bonds. The molecule has 1 aromatic carbocycles. The third kappa shape index (κ3) is 3.80. The van der Waals surface area contributed by atoms with Crippen LogP contribution in [0.2, 0.25) is 5.02 Å². The quantitative estimate of drug-likeness (QED) is 0.756. The first kappa shape index (κ1) is 18.9. The van der Waals surface area contributed by atoms with Crippen LogP contribution in [0.3, 0.4) is 0 Å². The molecule has 0 bridgehead atoms. The maximum Gasteiger partial charge on any atom is 0.340 e. The number of fused-ring (bicyclic) bond motifs is 1. The summed E-state index contributed by atoms with van der Waals surface area (Å²) in [6.45, 7) is 3.64. The second kappa shape index (κ2) is 7.40. The van der Waals surface area contributed by atoms with E-state index in [4.69, 9.17) is 16.1 Å². The van der Waals surface area contributed by atoms with Crippen LogP contribution in [-0.2, 0) is 13.9 Å². The van der Waals surface area contributed by atoms with Crippen LogP contribution in [0, 0.1) is 0 Å². The Hall–Kier alpha value is -0.870. The monoisotopic (exact) mass is 385 g/mol. The van der Waals surface area contributed by atoms with Gasteiger partial charge in [0, 0.05) is 11.1 Å². The molecular formula is C18H25ClNO4P. The van der Waals surface area contributed by atoms with Crippen molar-refractivity contribution in [1.29, 1.82) is 0 Å². The number of carbonyl (C=O) groups is 1. The van der Waals surface area contributed by atoms with Crippen molar-refractivity contribution in [3.05, 3.63) is 34.9 Å². The molecule has 25 heavy (non-hydrogen) atoms. The third-order valence-corrected chi connectivity index (χ3v) is 7.55. The molecule has 2 saturated heterocycles. The molecule has 7 heteroatoms. The van der Waals surface area contributed by atoms with Crippen molar-refractivity contribution in [3.63, 3.8) is 0 Å². The fourth-order valence-electron chi connectivity index (χ4n) is 3.87. The Morgan fingerprint density at radius 2 is 1.92 bits per heavy atom. The van der Waals surface area contributed by atoms with Crippen molar-refractivity contribution in [2.75, 3.05) is 0 Å². The van der Waals surface area contributed by atoms with Gasteiger partial charge in [-0.1, -0.05) is 30.7 Å². The van der Waals surface area contributed by atoms with Gasteiger partial charge in [0.05, 0.1) is 12.1 Å². The van der Waals surface area contributed by atoms with E-state index >= 15 is 0 Å². The van der Waals surface area contributed by atoms with Crippen LogP contribution in [-0.4, -0.2) is 33.5 Å². The maximum absolute atomic E-state index is 13.1. The average molecular weight is 386 g/mol. The van der Waals surface area contributed by atoms with Gasteiger partial charge in [-0.3, -0.25) is 9.36 Å². The second-order valence-corrected chi connectivity index (χ2v) is 9.42. The van der Waals surface area contributed by atoms with Crippen LogP contribution >= 0.6 is 19.2 Å². The van der Waals surface area contributed by atoms with E-state index in [9.17, 15) is 14.3 Å². The van der Waals surface area contributed by atoms with E-state index in [1.54, 1.807) is 6.92 Å². The van der Waals surface area contributed by atoms with E-state index in [1.807, 2.05) is 36.1 Å². The standard InChI is InChI=1S/C18H25ClNO4P/c1-3-12(2)24-25(22,23)17-11-9-15-8-10-16(20(15)18(17)21)13-4-6-14(19)7-5-13/h4-7,12,15-17H,3,8-11H2,1-2H3,(H,22,23)/t12?,15-,16+,17?/m1/s1. The summed E-state index contributed by atoms with van der Waals surface area (Å²) in [7, 11) is -3.98. The van der Waals surface area contributed by atoms with Crippen molar-refractivity contribution >= 4 is 25.1 Å². The summed E-state index contributed by atoms with van der Waals surface area (Å²) >= 11 is 5.96. The molecule has 2 aliphatic heterocycles. The summed E-state index contributed by atoms with van der Waals surface area (Å²) in [5.74, 6) is -0.247. The highest BCUT2D eigenvalue weighted by molar-refractivity contribution is 7.54. The summed E-state index contributed by atoms with van der Waals surface area (Å²) < 4.78 is 18.0. The van der Waals surface area contributed by atoms with Crippen LogP contribution < -0.4 is 0 Å². The molecule has 0 spiro atoms. The molecule has 2 aliphatic rings. The van der Waals surface area contributed by atoms with Gasteiger partial charge in [-0.15, -0.1) is 0 Å². The van der Waals surface area contributed by atoms with Gasteiger partial charge in [-0.2, -0.15) is 0 Å². The second-order valence-electron chi connectivity index (χ2n) is 7.03. The predicted octanol–water partition coefficient (Wildman–Crippen LogP) is 4.54. The molecule has 2 fully saturated rings. The minimum atomic E-state index is -3.98. The summed E-state index contributed by atoms with van der Waals surface area (Å²) in [4.78, 5) is 25.3. The maximum atomic E-state index is 13.1. The Kier molecular flexibility index (Phi) is 5.60. The number of amides is 1. The average Bonchev–Trinajstić information content (AvgIpc) is 3.00. The highest BCUT2D eigenvalue weighted by atomic mass is 35.5. The lowest BCUT2D eigenvalue weighted by molar-refractivity contribution is -0.136. The first-order chi connectivity index (χ1) is 11.8. The molecule has 2 heterocycles. The molecule has 3 unspecified atom stereocenters. The summed E-state index contributed by atoms with van der Waals surface area (Å²) in [5.41, 5.74) is 0.0715. The van der Waals surface area contributed by atoms with Crippen LogP contribution in [0.4, 0.5) is 0 Å². The van der Waals surface area contributed by atoms with E-state index < -0.39 is 13.3 Å². The van der Waals surface area contributed by atoms with Gasteiger partial charge in [-0.05, 0) is 56.7 Å². The van der Waals surface area contributed by atoms with Crippen molar-refractivity contribution in [3.8, 4) is 0 Å². The SMILES string of the molecule is CCC(C)OP(=O)(O)C1CC[C@H]2CC[C@@H](c3ccc(Cl)cc3)N2C1=O. The third-order valence-electron chi connectivity index (χ3n) is 5.37. The molecular weight excluding hydrogens is 361 g/mol. The molecule has 5 nitrogen and oxygen atoms in total. The van der Waals surface area contributed by atoms with Crippen LogP contribution in [0.25, 0.3) is 0 Å². The van der Waals surface area contributed by atoms with Crippen LogP contribution in [0.1, 0.15) is 57.6 Å². The number of hydrogen-bond donors (Lipinski definition) is 1. The lowest BCUT2D eigenvalue weighted by Gasteiger charge is -2.39. The van der Waals surface area contributed by atoms with Crippen molar-refractivity contribution in [2.45, 2.75) is 69.8 Å². The van der Waals surface area contributed by atoms with E-state index in [-0.39, 0.29) is 24.1 Å². The van der Waals surface area contributed by atoms with Crippen LogP contribution in [0.15, 0.2) is 24.3 Å². The predicted molar refractivity (Wildman–Crippen MR) is 97.7 cm³/mol. The number of halogens is 1. The van der Waals surface area contributed by atoms with Gasteiger partial charge in [0.25, 0.3) is 0 Å². The smallest absolute Gasteiger partial charge is 0.332 e. The lowest BCUT2D eigenvalue weighted by Crippen LogP contribution is -2.48. The van der Waals surface area contributed by atoms with Gasteiger partial charge in [0.1, 0.15) is 5.66 Å². The Morgan fingerprint density at radius 3 is 2.56 bits per heavy atom. The Balaban J connectivity index is 1.83. The summed E-state index contributed by atoms with van der Waals surface area (Å²) in [6.07, 6.45) is 3.24. The molecule has 0 radical (unpaired) electrons. The van der Waals surface area contributed by atoms with Crippen molar-refractivity contribution in [2.24, 2.45) is 0 Å². The molecule has 0 saturated carbocycles. The highest BCUT2D eigenvalue weighted by Crippen LogP contribution is 2.55. The number of piperidine rings is 1. The van der Waals surface area contributed by atoms with Gasteiger partial charge < -0.3 is 14.3 Å². The minimum absolute atomic E-state index is 0.0545. The molecule has 0 aromatic heterocycles. The van der Waals surface area contributed by atoms with E-state index in [0.717, 1.165) is 24.8 Å². The number of nitrogens with zero attached hydrogens (tertiary/aromatic N) is 1. The number of benzene rings is 1. The van der Waals surface area contributed by atoms with E-state index in [1.165, 1.54) is 0 Å². The topological polar surface area (TPSA) is 66.8 Å². The molecule has 5 atom stereocenters.